The predicted molar refractivity (Wildman–Crippen MR) is 124 cm³/mol. The van der Waals surface area contributed by atoms with E-state index in [0.717, 1.165) is 34.4 Å². The first kappa shape index (κ1) is 21.9. The number of hydrogen-bond donors (Lipinski definition) is 0. The first-order valence-electron chi connectivity index (χ1n) is 11.6. The molecule has 2 atom stereocenters. The second-order valence-corrected chi connectivity index (χ2v) is 9.08. The second kappa shape index (κ2) is 8.57. The van der Waals surface area contributed by atoms with Gasteiger partial charge >= 0.3 is 6.09 Å². The van der Waals surface area contributed by atoms with Crippen LogP contribution in [0.1, 0.15) is 29.0 Å². The third-order valence-corrected chi connectivity index (χ3v) is 7.11. The van der Waals surface area contributed by atoms with Gasteiger partial charge < -0.3 is 9.47 Å². The van der Waals surface area contributed by atoms with Gasteiger partial charge in [-0.05, 0) is 46.4 Å². The van der Waals surface area contributed by atoms with Crippen molar-refractivity contribution < 1.29 is 27.4 Å². The molecule has 1 amide bonds. The fourth-order valence-electron chi connectivity index (χ4n) is 5.56. The summed E-state index contributed by atoms with van der Waals surface area (Å²) in [4.78, 5) is 14.8. The Morgan fingerprint density at radius 2 is 1.57 bits per heavy atom. The van der Waals surface area contributed by atoms with Crippen molar-refractivity contribution in [2.75, 3.05) is 19.8 Å². The Balaban J connectivity index is 1.24. The van der Waals surface area contributed by atoms with Crippen molar-refractivity contribution in [3.8, 4) is 11.1 Å². The summed E-state index contributed by atoms with van der Waals surface area (Å²) in [7, 11) is 0. The summed E-state index contributed by atoms with van der Waals surface area (Å²) in [6.45, 7) is 0.548. The zero-order valence-electron chi connectivity index (χ0n) is 18.7. The topological polar surface area (TPSA) is 38.8 Å². The molecule has 3 aromatic rings. The van der Waals surface area contributed by atoms with Gasteiger partial charge in [0, 0.05) is 5.92 Å². The van der Waals surface area contributed by atoms with E-state index in [-0.39, 0.29) is 37.7 Å². The van der Waals surface area contributed by atoms with Gasteiger partial charge in [-0.1, -0.05) is 54.6 Å². The van der Waals surface area contributed by atoms with Crippen LogP contribution in [0.2, 0.25) is 0 Å². The summed E-state index contributed by atoms with van der Waals surface area (Å²) in [6, 6.07) is 16.8. The number of amides is 1. The van der Waals surface area contributed by atoms with E-state index < -0.39 is 35.6 Å². The van der Waals surface area contributed by atoms with Crippen molar-refractivity contribution in [3.05, 3.63) is 101 Å². The number of rotatable bonds is 3. The molecule has 0 spiro atoms. The van der Waals surface area contributed by atoms with Crippen molar-refractivity contribution in [2.24, 2.45) is 0 Å². The van der Waals surface area contributed by atoms with Gasteiger partial charge in [0.25, 0.3) is 0 Å². The molecule has 1 fully saturated rings. The van der Waals surface area contributed by atoms with Crippen LogP contribution in [0.5, 0.6) is 0 Å². The van der Waals surface area contributed by atoms with E-state index in [2.05, 4.69) is 24.3 Å². The van der Waals surface area contributed by atoms with E-state index in [9.17, 15) is 18.0 Å². The summed E-state index contributed by atoms with van der Waals surface area (Å²) in [5.41, 5.74) is 4.46. The molecule has 0 aromatic heterocycles. The second-order valence-electron chi connectivity index (χ2n) is 9.08. The van der Waals surface area contributed by atoms with Gasteiger partial charge in [-0.25, -0.2) is 18.0 Å². The SMILES string of the molecule is O=C(OCC1c2ccccc2-c2ccccc21)N1C2C=C(c3c(F)ccc(F)c3F)CC1COC2. The average molecular weight is 477 g/mol. The lowest BCUT2D eigenvalue weighted by atomic mass is 9.89. The summed E-state index contributed by atoms with van der Waals surface area (Å²) < 4.78 is 54.0. The third-order valence-electron chi connectivity index (χ3n) is 7.11. The molecule has 35 heavy (non-hydrogen) atoms. The molecule has 178 valence electrons. The first-order chi connectivity index (χ1) is 17.0. The molecular formula is C28H22F3NO3. The Kier molecular flexibility index (Phi) is 5.37. The minimum atomic E-state index is -1.22. The lowest BCUT2D eigenvalue weighted by molar-refractivity contribution is -0.0332. The lowest BCUT2D eigenvalue weighted by Gasteiger charge is -2.44. The van der Waals surface area contributed by atoms with Crippen LogP contribution in [0.4, 0.5) is 18.0 Å². The molecule has 2 heterocycles. The highest BCUT2D eigenvalue weighted by Gasteiger charge is 2.41. The normalized spacial score (nSPS) is 20.8. The maximum Gasteiger partial charge on any atom is 0.410 e. The highest BCUT2D eigenvalue weighted by molar-refractivity contribution is 5.79. The highest BCUT2D eigenvalue weighted by atomic mass is 19.2. The molecule has 1 saturated heterocycles. The number of carbonyl (C=O) groups is 1. The van der Waals surface area contributed by atoms with Crippen LogP contribution in [-0.2, 0) is 9.47 Å². The largest absolute Gasteiger partial charge is 0.448 e. The molecule has 0 saturated carbocycles. The van der Waals surface area contributed by atoms with Crippen molar-refractivity contribution in [3.63, 3.8) is 0 Å². The van der Waals surface area contributed by atoms with Crippen LogP contribution >= 0.6 is 0 Å². The maximum absolute atomic E-state index is 14.4. The number of ether oxygens (including phenoxy) is 2. The monoisotopic (exact) mass is 477 g/mol. The summed E-state index contributed by atoms with van der Waals surface area (Å²) in [6.07, 6.45) is 1.22. The van der Waals surface area contributed by atoms with Gasteiger partial charge in [-0.2, -0.15) is 0 Å². The molecule has 4 nitrogen and oxygen atoms in total. The Hall–Kier alpha value is -3.58. The van der Waals surface area contributed by atoms with Gasteiger partial charge in [0.05, 0.1) is 30.9 Å². The quantitative estimate of drug-likeness (QED) is 0.441. The number of nitrogens with zero attached hydrogens (tertiary/aromatic N) is 1. The Morgan fingerprint density at radius 3 is 2.26 bits per heavy atom. The molecule has 2 unspecified atom stereocenters. The van der Waals surface area contributed by atoms with E-state index in [1.807, 2.05) is 24.3 Å². The molecule has 0 radical (unpaired) electrons. The summed E-state index contributed by atoms with van der Waals surface area (Å²) >= 11 is 0. The molecule has 3 aromatic carbocycles. The molecule has 2 bridgehead atoms. The van der Waals surface area contributed by atoms with Gasteiger partial charge in [-0.3, -0.25) is 4.90 Å². The van der Waals surface area contributed by atoms with E-state index >= 15 is 0 Å². The average Bonchev–Trinajstić information content (AvgIpc) is 3.18. The maximum atomic E-state index is 14.4. The van der Waals surface area contributed by atoms with Crippen LogP contribution in [0, 0.1) is 17.5 Å². The molecule has 1 aliphatic carbocycles. The van der Waals surface area contributed by atoms with Crippen LogP contribution in [0.15, 0.2) is 66.7 Å². The van der Waals surface area contributed by atoms with E-state index in [4.69, 9.17) is 9.47 Å². The van der Waals surface area contributed by atoms with Gasteiger partial charge in [0.1, 0.15) is 12.4 Å². The third kappa shape index (κ3) is 3.62. The smallest absolute Gasteiger partial charge is 0.410 e. The zero-order chi connectivity index (χ0) is 24.1. The molecule has 6 rings (SSSR count). The van der Waals surface area contributed by atoms with Crippen LogP contribution in [-0.4, -0.2) is 42.9 Å². The van der Waals surface area contributed by atoms with Gasteiger partial charge in [0.15, 0.2) is 11.6 Å². The Labute approximate surface area is 200 Å². The molecule has 0 N–H and O–H groups in total. The molecular weight excluding hydrogens is 455 g/mol. The van der Waals surface area contributed by atoms with Crippen molar-refractivity contribution in [2.45, 2.75) is 24.4 Å². The van der Waals surface area contributed by atoms with E-state index in [1.54, 1.807) is 11.0 Å². The predicted octanol–water partition coefficient (Wildman–Crippen LogP) is 5.91. The van der Waals surface area contributed by atoms with Crippen molar-refractivity contribution in [1.82, 2.24) is 4.90 Å². The van der Waals surface area contributed by atoms with Crippen LogP contribution in [0.3, 0.4) is 0 Å². The minimum Gasteiger partial charge on any atom is -0.448 e. The standard InChI is InChI=1S/C28H22F3NO3/c29-24-9-10-25(30)27(31)26(24)16-11-17-13-34-14-18(12-16)32(17)28(33)35-15-23-21-7-3-1-5-19(21)20-6-2-4-8-22(20)23/h1-11,17-18,23H,12-15H2. The number of halogens is 3. The fourth-order valence-corrected chi connectivity index (χ4v) is 5.56. The zero-order valence-corrected chi connectivity index (χ0v) is 18.7. The Morgan fingerprint density at radius 1 is 0.914 bits per heavy atom. The van der Waals surface area contributed by atoms with Crippen molar-refractivity contribution in [1.29, 1.82) is 0 Å². The first-order valence-corrected chi connectivity index (χ1v) is 11.6. The molecule has 2 aliphatic heterocycles. The number of hydrogen-bond acceptors (Lipinski definition) is 3. The number of fused-ring (bicyclic) bond motifs is 5. The van der Waals surface area contributed by atoms with E-state index in [0.29, 0.717) is 5.57 Å². The lowest BCUT2D eigenvalue weighted by Crippen LogP contribution is -2.56. The van der Waals surface area contributed by atoms with Gasteiger partial charge in [0.2, 0.25) is 0 Å². The van der Waals surface area contributed by atoms with Crippen molar-refractivity contribution >= 4 is 11.7 Å². The number of morpholine rings is 1. The summed E-state index contributed by atoms with van der Waals surface area (Å²) in [5, 5.41) is 0. The fraction of sp³-hybridized carbons (Fsp3) is 0.250. The highest BCUT2D eigenvalue weighted by Crippen LogP contribution is 2.45. The number of carbonyl (C=O) groups excluding carboxylic acids is 1. The molecule has 3 aliphatic rings. The van der Waals surface area contributed by atoms with Gasteiger partial charge in [-0.15, -0.1) is 0 Å². The molecule has 7 heteroatoms. The van der Waals surface area contributed by atoms with Crippen LogP contribution < -0.4 is 0 Å². The minimum absolute atomic E-state index is 0.0752. The van der Waals surface area contributed by atoms with E-state index in [1.165, 1.54) is 0 Å². The Bertz CT molecular complexity index is 1310. The number of benzene rings is 3. The van der Waals surface area contributed by atoms with Crippen LogP contribution in [0.25, 0.3) is 16.7 Å². The summed E-state index contributed by atoms with van der Waals surface area (Å²) in [5.74, 6) is -3.23.